The van der Waals surface area contributed by atoms with Gasteiger partial charge in [-0.3, -0.25) is 0 Å². The van der Waals surface area contributed by atoms with Crippen molar-refractivity contribution in [2.75, 3.05) is 0 Å². The van der Waals surface area contributed by atoms with Crippen molar-refractivity contribution >= 4 is 11.3 Å². The fraction of sp³-hybridized carbons (Fsp3) is 0.818. The number of nitrogens with zero attached hydrogens (tertiary/aromatic N) is 2. The Morgan fingerprint density at radius 2 is 2.07 bits per heavy atom. The highest BCUT2D eigenvalue weighted by Crippen LogP contribution is 2.20. The van der Waals surface area contributed by atoms with E-state index in [9.17, 15) is 0 Å². The molecule has 1 aliphatic rings. The summed E-state index contributed by atoms with van der Waals surface area (Å²) in [6.07, 6.45) is 7.60. The van der Waals surface area contributed by atoms with E-state index >= 15 is 0 Å². The molecule has 84 valence electrons. The van der Waals surface area contributed by atoms with Crippen LogP contribution in [0.15, 0.2) is 0 Å². The molecule has 1 saturated carbocycles. The van der Waals surface area contributed by atoms with E-state index in [1.165, 1.54) is 37.1 Å². The lowest BCUT2D eigenvalue weighted by atomic mass is 10.2. The number of aromatic nitrogens is 2. The third-order valence-corrected chi connectivity index (χ3v) is 3.61. The lowest BCUT2D eigenvalue weighted by molar-refractivity contribution is 0.676. The molecule has 1 aromatic heterocycles. The fourth-order valence-corrected chi connectivity index (χ4v) is 2.34. The molecule has 1 aromatic rings. The first kappa shape index (κ1) is 11.0. The predicted octanol–water partition coefficient (Wildman–Crippen LogP) is 2.52. The number of rotatable bonds is 7. The van der Waals surface area contributed by atoms with Crippen LogP contribution in [0.2, 0.25) is 0 Å². The molecular weight excluding hydrogens is 206 g/mol. The quantitative estimate of drug-likeness (QED) is 0.725. The van der Waals surface area contributed by atoms with Crippen molar-refractivity contribution < 1.29 is 0 Å². The minimum atomic E-state index is 0.762. The molecule has 1 N–H and O–H groups in total. The molecule has 0 spiro atoms. The molecule has 15 heavy (non-hydrogen) atoms. The highest BCUT2D eigenvalue weighted by Gasteiger charge is 2.20. The van der Waals surface area contributed by atoms with Gasteiger partial charge in [-0.25, -0.2) is 0 Å². The first-order chi connectivity index (χ1) is 7.38. The molecule has 1 aliphatic carbocycles. The second-order valence-electron chi connectivity index (χ2n) is 4.20. The molecule has 0 atom stereocenters. The van der Waals surface area contributed by atoms with Crippen molar-refractivity contribution in [2.24, 2.45) is 0 Å². The monoisotopic (exact) mass is 225 g/mol. The summed E-state index contributed by atoms with van der Waals surface area (Å²) < 4.78 is 0. The molecule has 0 aromatic carbocycles. The Hall–Kier alpha value is -0.480. The van der Waals surface area contributed by atoms with Crippen LogP contribution in [-0.4, -0.2) is 16.2 Å². The van der Waals surface area contributed by atoms with E-state index in [4.69, 9.17) is 0 Å². The zero-order valence-corrected chi connectivity index (χ0v) is 10.1. The minimum absolute atomic E-state index is 0.762. The summed E-state index contributed by atoms with van der Waals surface area (Å²) in [6, 6.07) is 0.762. The molecule has 0 bridgehead atoms. The standard InChI is InChI=1S/C11H19N3S/c1-2-3-4-5-10-13-14-11(15-10)8-12-9-6-7-9/h9,12H,2-8H2,1H3. The van der Waals surface area contributed by atoms with E-state index in [1.807, 2.05) is 0 Å². The Morgan fingerprint density at radius 3 is 2.80 bits per heavy atom. The number of hydrogen-bond acceptors (Lipinski definition) is 4. The third-order valence-electron chi connectivity index (χ3n) is 2.62. The van der Waals surface area contributed by atoms with Crippen LogP contribution in [0.4, 0.5) is 0 Å². The number of hydrogen-bond donors (Lipinski definition) is 1. The van der Waals surface area contributed by atoms with E-state index in [0.717, 1.165) is 24.0 Å². The first-order valence-electron chi connectivity index (χ1n) is 5.93. The molecule has 4 heteroatoms. The summed E-state index contributed by atoms with van der Waals surface area (Å²) in [4.78, 5) is 0. The molecule has 1 fully saturated rings. The lowest BCUT2D eigenvalue weighted by Gasteiger charge is -1.95. The molecule has 0 radical (unpaired) electrons. The number of unbranched alkanes of at least 4 members (excludes halogenated alkanes) is 2. The van der Waals surface area contributed by atoms with E-state index in [-0.39, 0.29) is 0 Å². The zero-order chi connectivity index (χ0) is 10.5. The van der Waals surface area contributed by atoms with Crippen molar-refractivity contribution in [3.8, 4) is 0 Å². The summed E-state index contributed by atoms with van der Waals surface area (Å²) in [7, 11) is 0. The van der Waals surface area contributed by atoms with Gasteiger partial charge in [0.15, 0.2) is 0 Å². The van der Waals surface area contributed by atoms with Gasteiger partial charge in [0.2, 0.25) is 0 Å². The normalized spacial score (nSPS) is 15.8. The summed E-state index contributed by atoms with van der Waals surface area (Å²) in [5, 5.41) is 14.2. The fourth-order valence-electron chi connectivity index (χ4n) is 1.51. The highest BCUT2D eigenvalue weighted by atomic mass is 32.1. The topological polar surface area (TPSA) is 37.8 Å². The number of aryl methyl sites for hydroxylation is 1. The van der Waals surface area contributed by atoms with Gasteiger partial charge in [0, 0.05) is 19.0 Å². The van der Waals surface area contributed by atoms with Gasteiger partial charge in [0.25, 0.3) is 0 Å². The van der Waals surface area contributed by atoms with Crippen LogP contribution in [0.25, 0.3) is 0 Å². The van der Waals surface area contributed by atoms with Crippen molar-refractivity contribution in [1.82, 2.24) is 15.5 Å². The molecule has 0 amide bonds. The van der Waals surface area contributed by atoms with Gasteiger partial charge in [-0.05, 0) is 19.3 Å². The average molecular weight is 225 g/mol. The van der Waals surface area contributed by atoms with Crippen LogP contribution in [0.5, 0.6) is 0 Å². The highest BCUT2D eigenvalue weighted by molar-refractivity contribution is 7.11. The van der Waals surface area contributed by atoms with Gasteiger partial charge in [-0.15, -0.1) is 21.5 Å². The summed E-state index contributed by atoms with van der Waals surface area (Å²) in [6.45, 7) is 3.14. The Kier molecular flexibility index (Phi) is 4.09. The van der Waals surface area contributed by atoms with E-state index in [2.05, 4.69) is 22.4 Å². The van der Waals surface area contributed by atoms with Crippen LogP contribution >= 0.6 is 11.3 Å². The second kappa shape index (κ2) is 5.56. The Bertz CT molecular complexity index is 294. The van der Waals surface area contributed by atoms with Crippen LogP contribution in [0.1, 0.15) is 49.0 Å². The van der Waals surface area contributed by atoms with Crippen molar-refractivity contribution in [3.05, 3.63) is 10.0 Å². The molecule has 2 rings (SSSR count). The SMILES string of the molecule is CCCCCc1nnc(CNC2CC2)s1. The van der Waals surface area contributed by atoms with Crippen molar-refractivity contribution in [2.45, 2.75) is 58.0 Å². The molecule has 0 unspecified atom stereocenters. The van der Waals surface area contributed by atoms with Crippen LogP contribution in [0, 0.1) is 0 Å². The molecule has 0 saturated heterocycles. The maximum Gasteiger partial charge on any atom is 0.131 e. The van der Waals surface area contributed by atoms with Crippen LogP contribution in [-0.2, 0) is 13.0 Å². The Morgan fingerprint density at radius 1 is 1.27 bits per heavy atom. The van der Waals surface area contributed by atoms with Gasteiger partial charge in [0.05, 0.1) is 0 Å². The summed E-state index contributed by atoms with van der Waals surface area (Å²) in [5.41, 5.74) is 0. The Balaban J connectivity index is 1.70. The lowest BCUT2D eigenvalue weighted by Crippen LogP contribution is -2.14. The summed E-state index contributed by atoms with van der Waals surface area (Å²) in [5.74, 6) is 0. The largest absolute Gasteiger partial charge is 0.308 e. The van der Waals surface area contributed by atoms with Crippen molar-refractivity contribution in [3.63, 3.8) is 0 Å². The smallest absolute Gasteiger partial charge is 0.131 e. The maximum atomic E-state index is 4.21. The summed E-state index contributed by atoms with van der Waals surface area (Å²) >= 11 is 1.77. The van der Waals surface area contributed by atoms with Crippen LogP contribution in [0.3, 0.4) is 0 Å². The third kappa shape index (κ3) is 3.87. The molecule has 3 nitrogen and oxygen atoms in total. The van der Waals surface area contributed by atoms with E-state index in [1.54, 1.807) is 11.3 Å². The van der Waals surface area contributed by atoms with Crippen molar-refractivity contribution in [1.29, 1.82) is 0 Å². The second-order valence-corrected chi connectivity index (χ2v) is 5.35. The first-order valence-corrected chi connectivity index (χ1v) is 6.74. The maximum absolute atomic E-state index is 4.21. The van der Waals surface area contributed by atoms with Gasteiger partial charge in [-0.2, -0.15) is 0 Å². The Labute approximate surface area is 95.3 Å². The van der Waals surface area contributed by atoms with Gasteiger partial charge < -0.3 is 5.32 Å². The van der Waals surface area contributed by atoms with Gasteiger partial charge in [0.1, 0.15) is 10.0 Å². The molecule has 0 aliphatic heterocycles. The average Bonchev–Trinajstić information content (AvgIpc) is 2.97. The minimum Gasteiger partial charge on any atom is -0.308 e. The number of nitrogens with one attached hydrogen (secondary N) is 1. The van der Waals surface area contributed by atoms with E-state index in [0.29, 0.717) is 0 Å². The zero-order valence-electron chi connectivity index (χ0n) is 9.33. The van der Waals surface area contributed by atoms with Gasteiger partial charge >= 0.3 is 0 Å². The molecular formula is C11H19N3S. The van der Waals surface area contributed by atoms with E-state index < -0.39 is 0 Å². The predicted molar refractivity (Wildman–Crippen MR) is 63.0 cm³/mol. The van der Waals surface area contributed by atoms with Crippen LogP contribution < -0.4 is 5.32 Å². The molecule has 1 heterocycles. The van der Waals surface area contributed by atoms with Gasteiger partial charge in [-0.1, -0.05) is 19.8 Å².